The fourth-order valence-electron chi connectivity index (χ4n) is 3.17. The number of amides is 2. The van der Waals surface area contributed by atoms with Crippen LogP contribution in [-0.2, 0) is 4.79 Å². The summed E-state index contributed by atoms with van der Waals surface area (Å²) in [4.78, 5) is 23.8. The quantitative estimate of drug-likeness (QED) is 0.630. The number of nitrogens with one attached hydrogen (secondary N) is 3. The van der Waals surface area contributed by atoms with Crippen LogP contribution in [0.4, 0.5) is 4.39 Å². The van der Waals surface area contributed by atoms with Gasteiger partial charge in [0, 0.05) is 25.1 Å². The molecule has 1 aromatic carbocycles. The van der Waals surface area contributed by atoms with E-state index in [1.54, 1.807) is 0 Å². The number of carbonyl (C=O) groups is 2. The lowest BCUT2D eigenvalue weighted by Crippen LogP contribution is -2.34. The Morgan fingerprint density at radius 2 is 1.80 bits per heavy atom. The molecule has 1 fully saturated rings. The van der Waals surface area contributed by atoms with Gasteiger partial charge in [-0.25, -0.2) is 4.39 Å². The number of hydrogen-bond donors (Lipinski definition) is 3. The summed E-state index contributed by atoms with van der Waals surface area (Å²) >= 11 is 0. The van der Waals surface area contributed by atoms with Crippen LogP contribution in [0, 0.1) is 17.7 Å². The Hall–Kier alpha value is -1.95. The third-order valence-electron chi connectivity index (χ3n) is 4.76. The molecular weight excluding hydrogens is 321 g/mol. The molecule has 2 rings (SSSR count). The molecule has 138 valence electrons. The zero-order valence-corrected chi connectivity index (χ0v) is 14.8. The van der Waals surface area contributed by atoms with Crippen LogP contribution in [0.3, 0.4) is 0 Å². The maximum atomic E-state index is 12.8. The van der Waals surface area contributed by atoms with Crippen LogP contribution in [0.25, 0.3) is 0 Å². The van der Waals surface area contributed by atoms with Gasteiger partial charge < -0.3 is 16.0 Å². The molecule has 3 N–H and O–H groups in total. The van der Waals surface area contributed by atoms with Crippen molar-refractivity contribution in [2.75, 3.05) is 26.2 Å². The molecule has 1 aromatic rings. The van der Waals surface area contributed by atoms with Crippen molar-refractivity contribution in [1.29, 1.82) is 0 Å². The van der Waals surface area contributed by atoms with E-state index in [0.29, 0.717) is 43.3 Å². The van der Waals surface area contributed by atoms with Gasteiger partial charge in [-0.1, -0.05) is 6.92 Å². The average Bonchev–Trinajstić information content (AvgIpc) is 2.62. The Kier molecular flexibility index (Phi) is 7.85. The predicted octanol–water partition coefficient (Wildman–Crippen LogP) is 2.09. The Labute approximate surface area is 148 Å². The van der Waals surface area contributed by atoms with Crippen LogP contribution in [0.5, 0.6) is 0 Å². The minimum Gasteiger partial charge on any atom is -0.356 e. The van der Waals surface area contributed by atoms with Crippen molar-refractivity contribution in [3.63, 3.8) is 0 Å². The SMILES string of the molecule is CC(CC(=O)NCCCNC(=O)c1ccc(F)cc1)C1CCNCC1. The molecule has 1 atom stereocenters. The Morgan fingerprint density at radius 1 is 1.16 bits per heavy atom. The molecular formula is C19H28FN3O2. The first-order chi connectivity index (χ1) is 12.1. The number of rotatable bonds is 8. The van der Waals surface area contributed by atoms with Gasteiger partial charge in [-0.3, -0.25) is 9.59 Å². The molecule has 5 nitrogen and oxygen atoms in total. The van der Waals surface area contributed by atoms with Crippen LogP contribution >= 0.6 is 0 Å². The molecule has 1 unspecified atom stereocenters. The van der Waals surface area contributed by atoms with E-state index in [4.69, 9.17) is 0 Å². The molecule has 0 aromatic heterocycles. The van der Waals surface area contributed by atoms with Gasteiger partial charge in [0.2, 0.25) is 5.91 Å². The number of benzene rings is 1. The summed E-state index contributed by atoms with van der Waals surface area (Å²) in [6.07, 6.45) is 3.51. The van der Waals surface area contributed by atoms with Gasteiger partial charge in [0.1, 0.15) is 5.82 Å². The topological polar surface area (TPSA) is 70.2 Å². The first kappa shape index (κ1) is 19.4. The summed E-state index contributed by atoms with van der Waals surface area (Å²) < 4.78 is 12.8. The van der Waals surface area contributed by atoms with Gasteiger partial charge in [-0.2, -0.15) is 0 Å². The van der Waals surface area contributed by atoms with Crippen molar-refractivity contribution in [3.05, 3.63) is 35.6 Å². The summed E-state index contributed by atoms with van der Waals surface area (Å²) in [5.41, 5.74) is 0.432. The van der Waals surface area contributed by atoms with E-state index in [1.807, 2.05) is 0 Å². The number of hydrogen-bond acceptors (Lipinski definition) is 3. The number of piperidine rings is 1. The van der Waals surface area contributed by atoms with E-state index in [-0.39, 0.29) is 17.6 Å². The van der Waals surface area contributed by atoms with Gasteiger partial charge in [0.05, 0.1) is 0 Å². The van der Waals surface area contributed by atoms with Crippen LogP contribution in [-0.4, -0.2) is 38.0 Å². The first-order valence-electron chi connectivity index (χ1n) is 9.07. The van der Waals surface area contributed by atoms with Crippen LogP contribution in [0.1, 0.15) is 43.0 Å². The monoisotopic (exact) mass is 349 g/mol. The molecule has 0 radical (unpaired) electrons. The predicted molar refractivity (Wildman–Crippen MR) is 95.7 cm³/mol. The molecule has 0 spiro atoms. The zero-order valence-electron chi connectivity index (χ0n) is 14.8. The molecule has 25 heavy (non-hydrogen) atoms. The second-order valence-electron chi connectivity index (χ2n) is 6.74. The van der Waals surface area contributed by atoms with E-state index in [9.17, 15) is 14.0 Å². The highest BCUT2D eigenvalue weighted by Gasteiger charge is 2.21. The van der Waals surface area contributed by atoms with Crippen molar-refractivity contribution in [2.24, 2.45) is 11.8 Å². The molecule has 0 bridgehead atoms. The average molecular weight is 349 g/mol. The summed E-state index contributed by atoms with van der Waals surface area (Å²) in [5, 5.41) is 9.02. The Balaban J connectivity index is 1.56. The Bertz CT molecular complexity index is 556. The fraction of sp³-hybridized carbons (Fsp3) is 0.579. The number of halogens is 1. The Morgan fingerprint density at radius 3 is 2.48 bits per heavy atom. The molecule has 6 heteroatoms. The third kappa shape index (κ3) is 6.82. The maximum Gasteiger partial charge on any atom is 0.251 e. The van der Waals surface area contributed by atoms with E-state index in [2.05, 4.69) is 22.9 Å². The van der Waals surface area contributed by atoms with Crippen molar-refractivity contribution in [2.45, 2.75) is 32.6 Å². The second-order valence-corrected chi connectivity index (χ2v) is 6.74. The lowest BCUT2D eigenvalue weighted by molar-refractivity contribution is -0.122. The van der Waals surface area contributed by atoms with Crippen LogP contribution in [0.15, 0.2) is 24.3 Å². The smallest absolute Gasteiger partial charge is 0.251 e. The highest BCUT2D eigenvalue weighted by Crippen LogP contribution is 2.24. The molecule has 0 saturated carbocycles. The summed E-state index contributed by atoms with van der Waals surface area (Å²) in [5.74, 6) is 0.516. The van der Waals surface area contributed by atoms with Gasteiger partial charge in [0.15, 0.2) is 0 Å². The van der Waals surface area contributed by atoms with Gasteiger partial charge in [-0.15, -0.1) is 0 Å². The second kappa shape index (κ2) is 10.1. The highest BCUT2D eigenvalue weighted by molar-refractivity contribution is 5.94. The zero-order chi connectivity index (χ0) is 18.1. The molecule has 1 aliphatic heterocycles. The van der Waals surface area contributed by atoms with Crippen molar-refractivity contribution >= 4 is 11.8 Å². The summed E-state index contributed by atoms with van der Waals surface area (Å²) in [6, 6.07) is 5.43. The summed E-state index contributed by atoms with van der Waals surface area (Å²) in [7, 11) is 0. The molecule has 0 aliphatic carbocycles. The van der Waals surface area contributed by atoms with Gasteiger partial charge >= 0.3 is 0 Å². The molecule has 1 heterocycles. The van der Waals surface area contributed by atoms with E-state index < -0.39 is 0 Å². The maximum absolute atomic E-state index is 12.8. The van der Waals surface area contributed by atoms with Crippen LogP contribution < -0.4 is 16.0 Å². The van der Waals surface area contributed by atoms with E-state index >= 15 is 0 Å². The molecule has 1 aliphatic rings. The lowest BCUT2D eigenvalue weighted by Gasteiger charge is -2.27. The van der Waals surface area contributed by atoms with Crippen molar-refractivity contribution in [3.8, 4) is 0 Å². The van der Waals surface area contributed by atoms with Gasteiger partial charge in [0.25, 0.3) is 5.91 Å². The summed E-state index contributed by atoms with van der Waals surface area (Å²) in [6.45, 7) is 5.26. The number of carbonyl (C=O) groups excluding carboxylic acids is 2. The van der Waals surface area contributed by atoms with Crippen molar-refractivity contribution < 1.29 is 14.0 Å². The molecule has 1 saturated heterocycles. The van der Waals surface area contributed by atoms with Crippen molar-refractivity contribution in [1.82, 2.24) is 16.0 Å². The first-order valence-corrected chi connectivity index (χ1v) is 9.07. The largest absolute Gasteiger partial charge is 0.356 e. The normalized spacial score (nSPS) is 16.2. The minimum absolute atomic E-state index is 0.0795. The standard InChI is InChI=1S/C19H28FN3O2/c1-14(15-7-11-21-12-8-15)13-18(24)22-9-2-10-23-19(25)16-3-5-17(20)6-4-16/h3-6,14-15,21H,2,7-13H2,1H3,(H,22,24)(H,23,25). The van der Waals surface area contributed by atoms with Gasteiger partial charge in [-0.05, 0) is 68.5 Å². The minimum atomic E-state index is -0.363. The lowest BCUT2D eigenvalue weighted by atomic mass is 9.84. The van der Waals surface area contributed by atoms with Crippen LogP contribution in [0.2, 0.25) is 0 Å². The fourth-order valence-corrected chi connectivity index (χ4v) is 3.17. The third-order valence-corrected chi connectivity index (χ3v) is 4.76. The van der Waals surface area contributed by atoms with E-state index in [0.717, 1.165) is 25.9 Å². The highest BCUT2D eigenvalue weighted by atomic mass is 19.1. The molecule has 2 amide bonds. The van der Waals surface area contributed by atoms with E-state index in [1.165, 1.54) is 24.3 Å².